The first kappa shape index (κ1) is 16.8. The molecule has 0 bridgehead atoms. The molecule has 2 rings (SSSR count). The van der Waals surface area contributed by atoms with E-state index in [2.05, 4.69) is 26.1 Å². The number of hydrogen-bond acceptors (Lipinski definition) is 1. The maximum atomic E-state index is 13.2. The molecule has 1 fully saturated rings. The van der Waals surface area contributed by atoms with Crippen molar-refractivity contribution in [2.24, 2.45) is 17.3 Å². The van der Waals surface area contributed by atoms with Crippen LogP contribution >= 0.6 is 11.6 Å². The Bertz CT molecular complexity index is 481. The summed E-state index contributed by atoms with van der Waals surface area (Å²) in [7, 11) is 2.04. The summed E-state index contributed by atoms with van der Waals surface area (Å²) < 4.78 is 13.2. The zero-order chi connectivity index (χ0) is 15.6. The Kier molecular flexibility index (Phi) is 5.32. The zero-order valence-corrected chi connectivity index (χ0v) is 14.3. The Morgan fingerprint density at radius 2 is 2.00 bits per heavy atom. The van der Waals surface area contributed by atoms with Gasteiger partial charge in [-0.15, -0.1) is 0 Å². The van der Waals surface area contributed by atoms with Gasteiger partial charge in [-0.05, 0) is 67.7 Å². The van der Waals surface area contributed by atoms with E-state index in [4.69, 9.17) is 11.6 Å². The molecule has 1 aromatic carbocycles. The number of rotatable bonds is 3. The summed E-state index contributed by atoms with van der Waals surface area (Å²) >= 11 is 6.21. The summed E-state index contributed by atoms with van der Waals surface area (Å²) in [6.45, 7) is 7.00. The van der Waals surface area contributed by atoms with E-state index in [1.165, 1.54) is 31.4 Å². The lowest BCUT2D eigenvalue weighted by Gasteiger charge is -2.42. The lowest BCUT2D eigenvalue weighted by atomic mass is 9.66. The van der Waals surface area contributed by atoms with E-state index in [1.807, 2.05) is 13.1 Å². The van der Waals surface area contributed by atoms with E-state index >= 15 is 0 Å². The molecule has 0 heterocycles. The van der Waals surface area contributed by atoms with Crippen LogP contribution in [0.2, 0.25) is 5.02 Å². The van der Waals surface area contributed by atoms with Crippen molar-refractivity contribution < 1.29 is 4.39 Å². The Labute approximate surface area is 133 Å². The van der Waals surface area contributed by atoms with Crippen LogP contribution in [0.4, 0.5) is 4.39 Å². The molecule has 3 atom stereocenters. The van der Waals surface area contributed by atoms with Gasteiger partial charge < -0.3 is 5.32 Å². The molecule has 1 aromatic rings. The van der Waals surface area contributed by atoms with Crippen molar-refractivity contribution in [2.75, 3.05) is 7.05 Å². The molecule has 1 N–H and O–H groups in total. The van der Waals surface area contributed by atoms with E-state index < -0.39 is 0 Å². The van der Waals surface area contributed by atoms with Crippen LogP contribution in [0.1, 0.15) is 45.6 Å². The van der Waals surface area contributed by atoms with Crippen molar-refractivity contribution in [3.05, 3.63) is 34.6 Å². The van der Waals surface area contributed by atoms with E-state index in [-0.39, 0.29) is 5.82 Å². The van der Waals surface area contributed by atoms with Crippen LogP contribution in [0.3, 0.4) is 0 Å². The summed E-state index contributed by atoms with van der Waals surface area (Å²) in [6, 6.07) is 5.31. The third-order valence-electron chi connectivity index (χ3n) is 5.08. The van der Waals surface area contributed by atoms with Crippen LogP contribution in [0.25, 0.3) is 0 Å². The van der Waals surface area contributed by atoms with Crippen LogP contribution in [0.15, 0.2) is 18.2 Å². The lowest BCUT2D eigenvalue weighted by molar-refractivity contribution is 0.117. The second-order valence-electron chi connectivity index (χ2n) is 7.47. The Balaban J connectivity index is 2.14. The molecule has 0 saturated heterocycles. The van der Waals surface area contributed by atoms with Gasteiger partial charge in [-0.2, -0.15) is 0 Å². The Morgan fingerprint density at radius 3 is 2.57 bits per heavy atom. The van der Waals surface area contributed by atoms with Gasteiger partial charge in [0.25, 0.3) is 0 Å². The zero-order valence-electron chi connectivity index (χ0n) is 13.5. The van der Waals surface area contributed by atoms with E-state index in [9.17, 15) is 4.39 Å². The summed E-state index contributed by atoms with van der Waals surface area (Å²) in [5, 5.41) is 4.02. The van der Waals surface area contributed by atoms with Gasteiger partial charge >= 0.3 is 0 Å². The van der Waals surface area contributed by atoms with Crippen molar-refractivity contribution >= 4 is 11.6 Å². The third kappa shape index (κ3) is 4.20. The average molecular weight is 312 g/mol. The summed E-state index contributed by atoms with van der Waals surface area (Å²) in [6.07, 6.45) is 4.63. The van der Waals surface area contributed by atoms with Crippen LogP contribution < -0.4 is 5.32 Å². The largest absolute Gasteiger partial charge is 0.317 e. The quantitative estimate of drug-likeness (QED) is 0.821. The van der Waals surface area contributed by atoms with E-state index in [0.29, 0.717) is 22.4 Å². The first-order valence-electron chi connectivity index (χ1n) is 7.92. The first-order chi connectivity index (χ1) is 9.81. The maximum Gasteiger partial charge on any atom is 0.124 e. The first-order valence-corrected chi connectivity index (χ1v) is 8.30. The van der Waals surface area contributed by atoms with E-state index in [0.717, 1.165) is 17.9 Å². The van der Waals surface area contributed by atoms with Crippen LogP contribution in [-0.2, 0) is 6.42 Å². The number of benzene rings is 1. The second kappa shape index (κ2) is 6.66. The monoisotopic (exact) mass is 311 g/mol. The Hall–Kier alpha value is -0.600. The highest BCUT2D eigenvalue weighted by Crippen LogP contribution is 2.41. The van der Waals surface area contributed by atoms with Crippen molar-refractivity contribution in [2.45, 2.75) is 52.5 Å². The molecular weight excluding hydrogens is 285 g/mol. The summed E-state index contributed by atoms with van der Waals surface area (Å²) in [5.41, 5.74) is 1.42. The molecule has 0 radical (unpaired) electrons. The highest BCUT2D eigenvalue weighted by atomic mass is 35.5. The molecule has 3 heteroatoms. The van der Waals surface area contributed by atoms with Gasteiger partial charge in [-0.3, -0.25) is 0 Å². The predicted octanol–water partition coefficient (Wildman–Crippen LogP) is 5.07. The second-order valence-corrected chi connectivity index (χ2v) is 7.88. The molecule has 0 spiro atoms. The number of hydrogen-bond donors (Lipinski definition) is 1. The summed E-state index contributed by atoms with van der Waals surface area (Å²) in [4.78, 5) is 0. The molecule has 21 heavy (non-hydrogen) atoms. The summed E-state index contributed by atoms with van der Waals surface area (Å²) in [5.74, 6) is 1.05. The number of halogens is 2. The molecule has 1 aliphatic carbocycles. The van der Waals surface area contributed by atoms with Gasteiger partial charge in [0.2, 0.25) is 0 Å². The predicted molar refractivity (Wildman–Crippen MR) is 88.2 cm³/mol. The van der Waals surface area contributed by atoms with Crippen molar-refractivity contribution in [3.8, 4) is 0 Å². The molecular formula is C18H27ClFN. The van der Waals surface area contributed by atoms with Gasteiger partial charge in [0.15, 0.2) is 0 Å². The molecule has 1 aliphatic rings. The molecule has 0 amide bonds. The minimum absolute atomic E-state index is 0.259. The van der Waals surface area contributed by atoms with Gasteiger partial charge in [0.05, 0.1) is 0 Å². The molecule has 118 valence electrons. The van der Waals surface area contributed by atoms with Crippen LogP contribution in [0.5, 0.6) is 0 Å². The van der Waals surface area contributed by atoms with E-state index in [1.54, 1.807) is 0 Å². The fourth-order valence-electron chi connectivity index (χ4n) is 3.63. The highest BCUT2D eigenvalue weighted by Gasteiger charge is 2.35. The Morgan fingerprint density at radius 1 is 1.29 bits per heavy atom. The molecule has 3 unspecified atom stereocenters. The molecule has 0 aliphatic heterocycles. The molecule has 1 saturated carbocycles. The van der Waals surface area contributed by atoms with Gasteiger partial charge in [-0.1, -0.05) is 38.4 Å². The smallest absolute Gasteiger partial charge is 0.124 e. The van der Waals surface area contributed by atoms with Crippen LogP contribution in [-0.4, -0.2) is 13.1 Å². The molecule has 0 aromatic heterocycles. The van der Waals surface area contributed by atoms with Gasteiger partial charge in [0.1, 0.15) is 5.82 Å². The van der Waals surface area contributed by atoms with Crippen molar-refractivity contribution in [1.29, 1.82) is 0 Å². The SMILES string of the molecule is CNC1CCC(C(C)(C)C)CC1Cc1ccc(F)cc1Cl. The normalized spacial score (nSPS) is 26.9. The highest BCUT2D eigenvalue weighted by molar-refractivity contribution is 6.31. The number of nitrogens with one attached hydrogen (secondary N) is 1. The standard InChI is InChI=1S/C18H27ClFN/c1-18(2,3)14-6-8-17(21-4)13(10-14)9-12-5-7-15(20)11-16(12)19/h5,7,11,13-14,17,21H,6,8-10H2,1-4H3. The fourth-order valence-corrected chi connectivity index (χ4v) is 3.87. The van der Waals surface area contributed by atoms with Crippen LogP contribution in [0, 0.1) is 23.1 Å². The fraction of sp³-hybridized carbons (Fsp3) is 0.667. The minimum Gasteiger partial charge on any atom is -0.317 e. The van der Waals surface area contributed by atoms with Crippen molar-refractivity contribution in [1.82, 2.24) is 5.32 Å². The average Bonchev–Trinajstić information content (AvgIpc) is 2.41. The lowest BCUT2D eigenvalue weighted by Crippen LogP contribution is -2.42. The third-order valence-corrected chi connectivity index (χ3v) is 5.43. The van der Waals surface area contributed by atoms with Gasteiger partial charge in [0, 0.05) is 11.1 Å². The van der Waals surface area contributed by atoms with Crippen molar-refractivity contribution in [3.63, 3.8) is 0 Å². The topological polar surface area (TPSA) is 12.0 Å². The van der Waals surface area contributed by atoms with Gasteiger partial charge in [-0.25, -0.2) is 4.39 Å². The molecule has 1 nitrogen and oxygen atoms in total. The minimum atomic E-state index is -0.259. The maximum absolute atomic E-state index is 13.2.